The summed E-state index contributed by atoms with van der Waals surface area (Å²) in [5.74, 6) is 0.918. The van der Waals surface area contributed by atoms with E-state index in [0.717, 1.165) is 5.75 Å². The van der Waals surface area contributed by atoms with Crippen molar-refractivity contribution in [3.05, 3.63) is 59.7 Å². The maximum absolute atomic E-state index is 5.52. The molecule has 7 aromatic rings. The standard InChI is InChI=1S/C28H23NOS2/c1-14-6-8-17-21(10-14)31-26-23(17)19-11-15(28(2,3)4)12-20-24-18-9-7-16(30-5)13-22(18)32-27(24)29(26)25(19)20/h6-13H,1-5H3. The van der Waals surface area contributed by atoms with Gasteiger partial charge in [0.05, 0.1) is 12.6 Å². The lowest BCUT2D eigenvalue weighted by Gasteiger charge is -2.19. The zero-order valence-electron chi connectivity index (χ0n) is 18.8. The summed E-state index contributed by atoms with van der Waals surface area (Å²) in [5.41, 5.74) is 4.17. The van der Waals surface area contributed by atoms with Crippen LogP contribution in [0, 0.1) is 6.92 Å². The van der Waals surface area contributed by atoms with E-state index in [1.165, 1.54) is 68.0 Å². The summed E-state index contributed by atoms with van der Waals surface area (Å²) < 4.78 is 10.7. The summed E-state index contributed by atoms with van der Waals surface area (Å²) >= 11 is 3.81. The maximum Gasteiger partial charge on any atom is 0.120 e. The molecule has 32 heavy (non-hydrogen) atoms. The predicted octanol–water partition coefficient (Wildman–Crippen LogP) is 8.88. The Morgan fingerprint density at radius 1 is 0.750 bits per heavy atom. The first-order valence-electron chi connectivity index (χ1n) is 11.0. The fourth-order valence-electron chi connectivity index (χ4n) is 5.20. The number of aryl methyl sites for hydroxylation is 1. The number of hydrogen-bond acceptors (Lipinski definition) is 3. The van der Waals surface area contributed by atoms with Crippen LogP contribution >= 0.6 is 22.7 Å². The lowest BCUT2D eigenvalue weighted by Crippen LogP contribution is -2.10. The summed E-state index contributed by atoms with van der Waals surface area (Å²) in [6.07, 6.45) is 0. The van der Waals surface area contributed by atoms with Gasteiger partial charge in [-0.3, -0.25) is 4.40 Å². The van der Waals surface area contributed by atoms with Crippen LogP contribution in [0.5, 0.6) is 5.75 Å². The predicted molar refractivity (Wildman–Crippen MR) is 142 cm³/mol. The number of methoxy groups -OCH3 is 1. The molecule has 0 amide bonds. The normalized spacial score (nSPS) is 13.2. The molecular formula is C28H23NOS2. The molecule has 0 aliphatic heterocycles. The minimum atomic E-state index is 0.0827. The van der Waals surface area contributed by atoms with E-state index in [1.54, 1.807) is 7.11 Å². The number of ether oxygens (including phenoxy) is 1. The van der Waals surface area contributed by atoms with E-state index in [4.69, 9.17) is 4.74 Å². The quantitative estimate of drug-likeness (QED) is 0.242. The van der Waals surface area contributed by atoms with E-state index in [-0.39, 0.29) is 5.41 Å². The molecule has 0 aliphatic rings. The third kappa shape index (κ3) is 2.24. The number of fused-ring (bicyclic) bond motifs is 10. The third-order valence-corrected chi connectivity index (χ3v) is 9.13. The molecule has 7 rings (SSSR count). The van der Waals surface area contributed by atoms with Crippen LogP contribution < -0.4 is 4.74 Å². The molecule has 4 aromatic heterocycles. The van der Waals surface area contributed by atoms with Crippen molar-refractivity contribution in [2.24, 2.45) is 0 Å². The van der Waals surface area contributed by atoms with Gasteiger partial charge in [-0.05, 0) is 59.9 Å². The SMILES string of the molecule is COc1ccc2c(c1)sc1c2c2cc(C(C)(C)C)cc3c4c5ccc(C)cc5sc4n1c32. The van der Waals surface area contributed by atoms with Gasteiger partial charge in [0.25, 0.3) is 0 Å². The second-order valence-corrected chi connectivity index (χ2v) is 12.0. The molecule has 0 unspecified atom stereocenters. The number of rotatable bonds is 1. The Balaban J connectivity index is 1.79. The topological polar surface area (TPSA) is 13.6 Å². The van der Waals surface area contributed by atoms with E-state index in [1.807, 2.05) is 22.7 Å². The number of nitrogens with zero attached hydrogens (tertiary/aromatic N) is 1. The maximum atomic E-state index is 5.52. The molecule has 0 aliphatic carbocycles. The van der Waals surface area contributed by atoms with E-state index >= 15 is 0 Å². The van der Waals surface area contributed by atoms with Crippen molar-refractivity contribution in [2.45, 2.75) is 33.1 Å². The Morgan fingerprint density at radius 3 is 1.94 bits per heavy atom. The largest absolute Gasteiger partial charge is 0.497 e. The van der Waals surface area contributed by atoms with E-state index in [9.17, 15) is 0 Å². The van der Waals surface area contributed by atoms with E-state index in [2.05, 4.69) is 80.6 Å². The minimum absolute atomic E-state index is 0.0827. The highest BCUT2D eigenvalue weighted by atomic mass is 32.1. The Labute approximate surface area is 194 Å². The molecule has 158 valence electrons. The minimum Gasteiger partial charge on any atom is -0.497 e. The lowest BCUT2D eigenvalue weighted by atomic mass is 9.85. The molecule has 2 nitrogen and oxygen atoms in total. The lowest BCUT2D eigenvalue weighted by molar-refractivity contribution is 0.415. The molecule has 0 spiro atoms. The Hall–Kier alpha value is -2.82. The molecule has 0 radical (unpaired) electrons. The van der Waals surface area contributed by atoms with Crippen LogP contribution in [0.4, 0.5) is 0 Å². The molecule has 4 heterocycles. The highest BCUT2D eigenvalue weighted by Gasteiger charge is 2.26. The number of benzene rings is 3. The molecule has 0 saturated heterocycles. The van der Waals surface area contributed by atoms with Crippen LogP contribution in [0.2, 0.25) is 0 Å². The van der Waals surface area contributed by atoms with Crippen molar-refractivity contribution in [3.63, 3.8) is 0 Å². The van der Waals surface area contributed by atoms with Gasteiger partial charge in [-0.25, -0.2) is 0 Å². The van der Waals surface area contributed by atoms with Gasteiger partial charge in [-0.15, -0.1) is 22.7 Å². The second-order valence-electron chi connectivity index (χ2n) is 9.93. The molecule has 4 heteroatoms. The summed E-state index contributed by atoms with van der Waals surface area (Å²) in [6.45, 7) is 9.13. The highest BCUT2D eigenvalue weighted by Crippen LogP contribution is 2.50. The van der Waals surface area contributed by atoms with Gasteiger partial charge in [-0.2, -0.15) is 0 Å². The van der Waals surface area contributed by atoms with E-state index in [0.29, 0.717) is 0 Å². The molecular weight excluding hydrogens is 430 g/mol. The molecule has 0 bridgehead atoms. The molecule has 0 fully saturated rings. The van der Waals surface area contributed by atoms with Gasteiger partial charge in [0.1, 0.15) is 15.4 Å². The Morgan fingerprint density at radius 2 is 1.34 bits per heavy atom. The first kappa shape index (κ1) is 18.7. The van der Waals surface area contributed by atoms with Crippen molar-refractivity contribution in [3.8, 4) is 5.75 Å². The zero-order chi connectivity index (χ0) is 21.9. The van der Waals surface area contributed by atoms with Crippen LogP contribution in [0.3, 0.4) is 0 Å². The average Bonchev–Trinajstić information content (AvgIpc) is 3.45. The van der Waals surface area contributed by atoms with Crippen LogP contribution in [0.1, 0.15) is 31.9 Å². The van der Waals surface area contributed by atoms with Crippen LogP contribution in [-0.2, 0) is 5.41 Å². The van der Waals surface area contributed by atoms with Crippen LogP contribution in [0.25, 0.3) is 56.9 Å². The van der Waals surface area contributed by atoms with E-state index < -0.39 is 0 Å². The number of thiophene rings is 2. The molecule has 0 atom stereocenters. The zero-order valence-corrected chi connectivity index (χ0v) is 20.4. The van der Waals surface area contributed by atoms with Gasteiger partial charge >= 0.3 is 0 Å². The first-order chi connectivity index (χ1) is 15.3. The molecule has 0 N–H and O–H groups in total. The van der Waals surface area contributed by atoms with Crippen molar-refractivity contribution < 1.29 is 4.74 Å². The third-order valence-electron chi connectivity index (χ3n) is 6.85. The number of hydrogen-bond donors (Lipinski definition) is 0. The highest BCUT2D eigenvalue weighted by molar-refractivity contribution is 7.27. The molecule has 3 aromatic carbocycles. The molecule has 0 saturated carbocycles. The summed E-state index contributed by atoms with van der Waals surface area (Å²) in [4.78, 5) is 2.71. The Kier molecular flexibility index (Phi) is 3.48. The van der Waals surface area contributed by atoms with Gasteiger partial charge in [0, 0.05) is 41.7 Å². The van der Waals surface area contributed by atoms with Crippen molar-refractivity contribution >= 4 is 79.6 Å². The fourth-order valence-corrected chi connectivity index (χ4v) is 7.85. The van der Waals surface area contributed by atoms with Crippen LogP contribution in [0.15, 0.2) is 48.5 Å². The smallest absolute Gasteiger partial charge is 0.120 e. The summed E-state index contributed by atoms with van der Waals surface area (Å²) in [6, 6.07) is 18.3. The summed E-state index contributed by atoms with van der Waals surface area (Å²) in [5, 5.41) is 8.27. The fraction of sp³-hybridized carbons (Fsp3) is 0.214. The first-order valence-corrected chi connectivity index (χ1v) is 12.6. The van der Waals surface area contributed by atoms with Gasteiger partial charge in [0.15, 0.2) is 0 Å². The van der Waals surface area contributed by atoms with Crippen LogP contribution in [-0.4, -0.2) is 11.5 Å². The van der Waals surface area contributed by atoms with Crippen molar-refractivity contribution in [1.29, 1.82) is 0 Å². The van der Waals surface area contributed by atoms with Crippen molar-refractivity contribution in [1.82, 2.24) is 4.40 Å². The van der Waals surface area contributed by atoms with Gasteiger partial charge in [-0.1, -0.05) is 32.9 Å². The second kappa shape index (κ2) is 5.94. The van der Waals surface area contributed by atoms with Crippen molar-refractivity contribution in [2.75, 3.05) is 7.11 Å². The van der Waals surface area contributed by atoms with Gasteiger partial charge < -0.3 is 4.74 Å². The summed E-state index contributed by atoms with van der Waals surface area (Å²) in [7, 11) is 1.74. The number of aromatic nitrogens is 1. The average molecular weight is 454 g/mol. The Bertz CT molecular complexity index is 1860. The monoisotopic (exact) mass is 453 g/mol. The van der Waals surface area contributed by atoms with Gasteiger partial charge in [0.2, 0.25) is 0 Å².